The van der Waals surface area contributed by atoms with Crippen LogP contribution in [0.2, 0.25) is 5.02 Å². The van der Waals surface area contributed by atoms with E-state index in [1.807, 2.05) is 36.4 Å². The van der Waals surface area contributed by atoms with Crippen molar-refractivity contribution >= 4 is 23.2 Å². The fraction of sp³-hybridized carbons (Fsp3) is 0.200. The summed E-state index contributed by atoms with van der Waals surface area (Å²) in [5.74, 6) is 2.35. The molecule has 2 heterocycles. The first kappa shape index (κ1) is 18.2. The zero-order valence-electron chi connectivity index (χ0n) is 15.6. The van der Waals surface area contributed by atoms with Gasteiger partial charge in [0, 0.05) is 10.7 Å². The Labute approximate surface area is 167 Å². The fourth-order valence-corrected chi connectivity index (χ4v) is 3.37. The first-order valence-electron chi connectivity index (χ1n) is 8.58. The van der Waals surface area contributed by atoms with Gasteiger partial charge in [-0.15, -0.1) is 0 Å². The predicted molar refractivity (Wildman–Crippen MR) is 107 cm³/mol. The zero-order chi connectivity index (χ0) is 19.7. The number of hydrogen-bond donors (Lipinski definition) is 1. The van der Waals surface area contributed by atoms with E-state index in [0.29, 0.717) is 28.2 Å². The second-order valence-electron chi connectivity index (χ2n) is 6.14. The standard InChI is InChI=1S/C20H19ClN4O3/c1-26-17-8-13(9-18(27-2)19(17)28-3)16-10-15(12-4-6-14(21)7-5-12)24-20-22-11-23-25(16)20/h4-11,16H,1-3H3,(H,22,23,24)/t16-/m0/s1. The van der Waals surface area contributed by atoms with Crippen molar-refractivity contribution in [3.05, 3.63) is 65.0 Å². The number of benzene rings is 2. The quantitative estimate of drug-likeness (QED) is 0.700. The van der Waals surface area contributed by atoms with Crippen molar-refractivity contribution in [1.82, 2.24) is 14.8 Å². The van der Waals surface area contributed by atoms with Crippen molar-refractivity contribution in [1.29, 1.82) is 0 Å². The molecule has 1 atom stereocenters. The molecule has 7 nitrogen and oxygen atoms in total. The second-order valence-corrected chi connectivity index (χ2v) is 6.58. The lowest BCUT2D eigenvalue weighted by atomic mass is 10.0. The number of hydrogen-bond acceptors (Lipinski definition) is 6. The maximum atomic E-state index is 6.03. The number of halogens is 1. The van der Waals surface area contributed by atoms with E-state index in [0.717, 1.165) is 16.8 Å². The summed E-state index contributed by atoms with van der Waals surface area (Å²) in [7, 11) is 4.78. The summed E-state index contributed by atoms with van der Waals surface area (Å²) in [5.41, 5.74) is 2.83. The van der Waals surface area contributed by atoms with E-state index < -0.39 is 0 Å². The third-order valence-corrected chi connectivity index (χ3v) is 4.84. The van der Waals surface area contributed by atoms with Crippen LogP contribution in [0, 0.1) is 0 Å². The highest BCUT2D eigenvalue weighted by molar-refractivity contribution is 6.30. The van der Waals surface area contributed by atoms with E-state index in [2.05, 4.69) is 21.5 Å². The van der Waals surface area contributed by atoms with Gasteiger partial charge in [0.25, 0.3) is 0 Å². The first-order chi connectivity index (χ1) is 13.6. The number of ether oxygens (including phenoxy) is 3. The van der Waals surface area contributed by atoms with Crippen molar-refractivity contribution in [2.75, 3.05) is 26.6 Å². The average molecular weight is 399 g/mol. The minimum atomic E-state index is -0.210. The summed E-state index contributed by atoms with van der Waals surface area (Å²) >= 11 is 6.03. The summed E-state index contributed by atoms with van der Waals surface area (Å²) in [4.78, 5) is 4.33. The monoisotopic (exact) mass is 398 g/mol. The number of nitrogens with one attached hydrogen (secondary N) is 1. The van der Waals surface area contributed by atoms with Crippen LogP contribution < -0.4 is 19.5 Å². The van der Waals surface area contributed by atoms with E-state index in [1.165, 1.54) is 6.33 Å². The summed E-state index contributed by atoms with van der Waals surface area (Å²) in [5, 5.41) is 8.37. The van der Waals surface area contributed by atoms with Gasteiger partial charge in [-0.25, -0.2) is 4.68 Å². The largest absolute Gasteiger partial charge is 0.493 e. The molecule has 0 bridgehead atoms. The molecule has 0 spiro atoms. The highest BCUT2D eigenvalue weighted by atomic mass is 35.5. The SMILES string of the molecule is COc1cc([C@@H]2C=C(c3ccc(Cl)cc3)Nc3ncnn32)cc(OC)c1OC. The van der Waals surface area contributed by atoms with Crippen molar-refractivity contribution in [2.45, 2.75) is 6.04 Å². The maximum absolute atomic E-state index is 6.03. The number of allylic oxidation sites excluding steroid dienone is 1. The Balaban J connectivity index is 1.84. The zero-order valence-corrected chi connectivity index (χ0v) is 16.4. The predicted octanol–water partition coefficient (Wildman–Crippen LogP) is 4.01. The van der Waals surface area contributed by atoms with Gasteiger partial charge in [-0.2, -0.15) is 10.1 Å². The first-order valence-corrected chi connectivity index (χ1v) is 8.96. The van der Waals surface area contributed by atoms with Crippen LogP contribution in [0.4, 0.5) is 5.95 Å². The smallest absolute Gasteiger partial charge is 0.226 e. The molecule has 1 aliphatic heterocycles. The lowest BCUT2D eigenvalue weighted by Gasteiger charge is -2.25. The van der Waals surface area contributed by atoms with Gasteiger partial charge in [0.05, 0.1) is 21.3 Å². The third-order valence-electron chi connectivity index (χ3n) is 4.59. The number of anilines is 1. The topological polar surface area (TPSA) is 70.4 Å². The number of aromatic nitrogens is 3. The molecule has 0 saturated carbocycles. The molecule has 144 valence electrons. The van der Waals surface area contributed by atoms with Crippen LogP contribution in [0.5, 0.6) is 17.2 Å². The normalized spacial score (nSPS) is 15.3. The fourth-order valence-electron chi connectivity index (χ4n) is 3.24. The van der Waals surface area contributed by atoms with Crippen LogP contribution in [0.1, 0.15) is 17.2 Å². The van der Waals surface area contributed by atoms with E-state index in [9.17, 15) is 0 Å². The van der Waals surface area contributed by atoms with Gasteiger partial charge in [0.2, 0.25) is 11.7 Å². The average Bonchev–Trinajstić information content (AvgIpc) is 3.21. The van der Waals surface area contributed by atoms with E-state index in [4.69, 9.17) is 25.8 Å². The summed E-state index contributed by atoms with van der Waals surface area (Å²) in [6.07, 6.45) is 3.59. The molecule has 1 aromatic heterocycles. The van der Waals surface area contributed by atoms with Gasteiger partial charge in [-0.1, -0.05) is 23.7 Å². The molecule has 1 N–H and O–H groups in total. The molecule has 0 fully saturated rings. The van der Waals surface area contributed by atoms with Gasteiger partial charge >= 0.3 is 0 Å². The molecule has 1 aliphatic rings. The molecule has 28 heavy (non-hydrogen) atoms. The van der Waals surface area contributed by atoms with Gasteiger partial charge in [-0.3, -0.25) is 0 Å². The molecule has 2 aromatic carbocycles. The van der Waals surface area contributed by atoms with Gasteiger partial charge in [0.15, 0.2) is 11.5 Å². The summed E-state index contributed by atoms with van der Waals surface area (Å²) in [6, 6.07) is 11.2. The Hall–Kier alpha value is -3.19. The van der Waals surface area contributed by atoms with Crippen LogP contribution >= 0.6 is 11.6 Å². The second kappa shape index (κ2) is 7.44. The molecule has 0 saturated heterocycles. The minimum absolute atomic E-state index is 0.210. The van der Waals surface area contributed by atoms with Crippen LogP contribution in [0.3, 0.4) is 0 Å². The Bertz CT molecular complexity index is 1010. The third kappa shape index (κ3) is 3.14. The van der Waals surface area contributed by atoms with Crippen LogP contribution in [-0.4, -0.2) is 36.1 Å². The number of nitrogens with zero attached hydrogens (tertiary/aromatic N) is 3. The molecule has 3 aromatic rings. The van der Waals surface area contributed by atoms with E-state index >= 15 is 0 Å². The number of rotatable bonds is 5. The lowest BCUT2D eigenvalue weighted by Crippen LogP contribution is -2.20. The van der Waals surface area contributed by atoms with Gasteiger partial charge in [-0.05, 0) is 41.5 Å². The summed E-state index contributed by atoms with van der Waals surface area (Å²) in [6.45, 7) is 0. The van der Waals surface area contributed by atoms with Crippen molar-refractivity contribution in [3.8, 4) is 17.2 Å². The highest BCUT2D eigenvalue weighted by Crippen LogP contribution is 2.42. The molecule has 0 amide bonds. The molecule has 0 aliphatic carbocycles. The Morgan fingerprint density at radius 1 is 1.00 bits per heavy atom. The van der Waals surface area contributed by atoms with Crippen LogP contribution in [0.15, 0.2) is 48.8 Å². The van der Waals surface area contributed by atoms with Crippen LogP contribution in [-0.2, 0) is 0 Å². The molecular weight excluding hydrogens is 380 g/mol. The lowest BCUT2D eigenvalue weighted by molar-refractivity contribution is 0.323. The number of fused-ring (bicyclic) bond motifs is 1. The molecule has 0 unspecified atom stereocenters. The molecule has 8 heteroatoms. The number of methoxy groups -OCH3 is 3. The molecular formula is C20H19ClN4O3. The summed E-state index contributed by atoms with van der Waals surface area (Å²) < 4.78 is 18.2. The molecule has 4 rings (SSSR count). The van der Waals surface area contributed by atoms with Crippen molar-refractivity contribution in [3.63, 3.8) is 0 Å². The van der Waals surface area contributed by atoms with E-state index in [-0.39, 0.29) is 6.04 Å². The van der Waals surface area contributed by atoms with Gasteiger partial charge < -0.3 is 19.5 Å². The highest BCUT2D eigenvalue weighted by Gasteiger charge is 2.26. The van der Waals surface area contributed by atoms with Gasteiger partial charge in [0.1, 0.15) is 12.4 Å². The van der Waals surface area contributed by atoms with Crippen molar-refractivity contribution < 1.29 is 14.2 Å². The van der Waals surface area contributed by atoms with Crippen molar-refractivity contribution in [2.24, 2.45) is 0 Å². The molecule has 0 radical (unpaired) electrons. The Morgan fingerprint density at radius 2 is 1.68 bits per heavy atom. The Morgan fingerprint density at radius 3 is 2.29 bits per heavy atom. The van der Waals surface area contributed by atoms with Crippen LogP contribution in [0.25, 0.3) is 5.70 Å². The maximum Gasteiger partial charge on any atom is 0.226 e. The minimum Gasteiger partial charge on any atom is -0.493 e. The Kier molecular flexibility index (Phi) is 4.83. The van der Waals surface area contributed by atoms with E-state index in [1.54, 1.807) is 26.0 Å².